The quantitative estimate of drug-likeness (QED) is 0.481. The van der Waals surface area contributed by atoms with Gasteiger partial charge in [-0.3, -0.25) is 4.57 Å². The summed E-state index contributed by atoms with van der Waals surface area (Å²) < 4.78 is 18.3. The lowest BCUT2D eigenvalue weighted by atomic mass is 10.3. The first-order valence-corrected chi connectivity index (χ1v) is 5.08. The Morgan fingerprint density at radius 3 is 2.74 bits per heavy atom. The van der Waals surface area contributed by atoms with Gasteiger partial charge in [-0.1, -0.05) is 7.43 Å². The number of ether oxygens (including phenoxy) is 1. The first kappa shape index (κ1) is 17.4. The number of hydrogen-bond acceptors (Lipinski definition) is 7. The molecule has 0 amide bonds. The Morgan fingerprint density at radius 1 is 1.53 bits per heavy atom. The molecule has 0 radical (unpaired) electrons. The summed E-state index contributed by atoms with van der Waals surface area (Å²) in [5, 5.41) is 27.3. The van der Waals surface area contributed by atoms with Gasteiger partial charge in [-0.25, -0.2) is 9.18 Å². The van der Waals surface area contributed by atoms with Crippen molar-refractivity contribution >= 4 is 5.82 Å². The highest BCUT2D eigenvalue weighted by atomic mass is 19.1. The number of nitrogens with zero attached hydrogens (tertiary/aromatic N) is 2. The number of aromatic nitrogens is 2. The zero-order chi connectivity index (χ0) is 13.7. The summed E-state index contributed by atoms with van der Waals surface area (Å²) in [6.07, 6.45) is -2.62. The highest BCUT2D eigenvalue weighted by molar-refractivity contribution is 5.26. The normalized spacial score (nSPS) is 13.7. The Labute approximate surface area is 108 Å². The fraction of sp³-hybridized carbons (Fsp3) is 0.600. The Bertz CT molecular complexity index is 453. The number of anilines is 1. The van der Waals surface area contributed by atoms with Crippen molar-refractivity contribution in [3.8, 4) is 0 Å². The van der Waals surface area contributed by atoms with Crippen LogP contribution in [-0.4, -0.2) is 44.4 Å². The van der Waals surface area contributed by atoms with Gasteiger partial charge in [0.1, 0.15) is 6.23 Å². The molecule has 1 aromatic heterocycles. The van der Waals surface area contributed by atoms with E-state index >= 15 is 0 Å². The van der Waals surface area contributed by atoms with Crippen molar-refractivity contribution in [2.24, 2.45) is 0 Å². The molecule has 19 heavy (non-hydrogen) atoms. The van der Waals surface area contributed by atoms with Crippen LogP contribution in [0.2, 0.25) is 0 Å². The maximum atomic E-state index is 13.1. The molecular formula is C10H18FN3O5. The van der Waals surface area contributed by atoms with Gasteiger partial charge in [0, 0.05) is 6.42 Å². The maximum absolute atomic E-state index is 13.1. The maximum Gasteiger partial charge on any atom is 0.351 e. The first-order chi connectivity index (χ1) is 8.45. The largest absolute Gasteiger partial charge is 0.394 e. The van der Waals surface area contributed by atoms with E-state index in [0.29, 0.717) is 10.8 Å². The topological polar surface area (TPSA) is 131 Å². The molecule has 0 aromatic carbocycles. The van der Waals surface area contributed by atoms with Crippen molar-refractivity contribution in [3.63, 3.8) is 0 Å². The number of aliphatic hydroxyl groups is 3. The van der Waals surface area contributed by atoms with Gasteiger partial charge in [0.2, 0.25) is 0 Å². The number of aliphatic hydroxyl groups excluding tert-OH is 3. The van der Waals surface area contributed by atoms with E-state index in [1.807, 2.05) is 0 Å². The SMILES string of the molecule is C.Nc1nc(=O)n([C@H](O)CC(O)OCCO)cc1F. The standard InChI is InChI=1S/C9H14FN3O5.CH4/c10-5-4-13(9(17)12-8(5)11)6(15)3-7(16)18-2-1-14;/h4,6-7,14-16H,1-3H2,(H2,11,12,17);1H4/t6-,7?;/m1./s1. The summed E-state index contributed by atoms with van der Waals surface area (Å²) in [5.74, 6) is -1.53. The minimum atomic E-state index is -1.52. The van der Waals surface area contributed by atoms with E-state index in [9.17, 15) is 19.4 Å². The Kier molecular flexibility index (Phi) is 7.16. The van der Waals surface area contributed by atoms with Crippen molar-refractivity contribution in [3.05, 3.63) is 22.5 Å². The van der Waals surface area contributed by atoms with Crippen LogP contribution in [0.4, 0.5) is 10.2 Å². The predicted octanol–water partition coefficient (Wildman–Crippen LogP) is -1.19. The third-order valence-electron chi connectivity index (χ3n) is 2.07. The lowest BCUT2D eigenvalue weighted by Crippen LogP contribution is -2.31. The predicted molar refractivity (Wildman–Crippen MR) is 64.5 cm³/mol. The average molecular weight is 279 g/mol. The zero-order valence-corrected chi connectivity index (χ0v) is 9.36. The lowest BCUT2D eigenvalue weighted by Gasteiger charge is -2.17. The minimum absolute atomic E-state index is 0. The van der Waals surface area contributed by atoms with Gasteiger partial charge in [-0.15, -0.1) is 0 Å². The van der Waals surface area contributed by atoms with Crippen LogP contribution in [0, 0.1) is 5.82 Å². The zero-order valence-electron chi connectivity index (χ0n) is 9.36. The molecular weight excluding hydrogens is 261 g/mol. The molecule has 0 aliphatic heterocycles. The van der Waals surface area contributed by atoms with Crippen LogP contribution in [0.5, 0.6) is 0 Å². The summed E-state index contributed by atoms with van der Waals surface area (Å²) in [7, 11) is 0. The van der Waals surface area contributed by atoms with Crippen molar-refractivity contribution < 1.29 is 24.4 Å². The molecule has 0 saturated heterocycles. The molecule has 0 spiro atoms. The first-order valence-electron chi connectivity index (χ1n) is 5.08. The van der Waals surface area contributed by atoms with E-state index in [0.717, 1.165) is 0 Å². The van der Waals surface area contributed by atoms with E-state index in [1.54, 1.807) is 0 Å². The number of hydrogen-bond donors (Lipinski definition) is 4. The second kappa shape index (κ2) is 7.79. The number of rotatable bonds is 6. The lowest BCUT2D eigenvalue weighted by molar-refractivity contribution is -0.134. The van der Waals surface area contributed by atoms with Crippen LogP contribution in [-0.2, 0) is 4.74 Å². The molecule has 0 fully saturated rings. The van der Waals surface area contributed by atoms with E-state index in [-0.39, 0.29) is 27.1 Å². The van der Waals surface area contributed by atoms with Crippen LogP contribution >= 0.6 is 0 Å². The summed E-state index contributed by atoms with van der Waals surface area (Å²) >= 11 is 0. The van der Waals surface area contributed by atoms with Gasteiger partial charge >= 0.3 is 5.69 Å². The average Bonchev–Trinajstić information content (AvgIpc) is 2.31. The summed E-state index contributed by atoms with van der Waals surface area (Å²) in [6.45, 7) is -0.428. The van der Waals surface area contributed by atoms with Crippen molar-refractivity contribution in [2.75, 3.05) is 18.9 Å². The van der Waals surface area contributed by atoms with Gasteiger partial charge in [-0.2, -0.15) is 4.98 Å². The van der Waals surface area contributed by atoms with Gasteiger partial charge in [-0.05, 0) is 0 Å². The van der Waals surface area contributed by atoms with Gasteiger partial charge in [0.15, 0.2) is 17.9 Å². The van der Waals surface area contributed by atoms with Gasteiger partial charge < -0.3 is 25.8 Å². The molecule has 1 heterocycles. The van der Waals surface area contributed by atoms with Gasteiger partial charge in [0.25, 0.3) is 0 Å². The minimum Gasteiger partial charge on any atom is -0.394 e. The second-order valence-corrected chi connectivity index (χ2v) is 3.43. The van der Waals surface area contributed by atoms with Crippen LogP contribution in [0.15, 0.2) is 11.0 Å². The molecule has 1 unspecified atom stereocenters. The summed E-state index contributed by atoms with van der Waals surface area (Å²) in [5.41, 5.74) is 4.13. The molecule has 0 aliphatic carbocycles. The van der Waals surface area contributed by atoms with Crippen molar-refractivity contribution in [1.82, 2.24) is 9.55 Å². The smallest absolute Gasteiger partial charge is 0.351 e. The monoisotopic (exact) mass is 279 g/mol. The molecule has 0 bridgehead atoms. The fourth-order valence-electron chi connectivity index (χ4n) is 1.22. The highest BCUT2D eigenvalue weighted by Gasteiger charge is 2.17. The van der Waals surface area contributed by atoms with Crippen LogP contribution < -0.4 is 11.4 Å². The molecule has 0 aliphatic rings. The van der Waals surface area contributed by atoms with E-state index < -0.39 is 29.8 Å². The number of nitrogens with two attached hydrogens (primary N) is 1. The third kappa shape index (κ3) is 4.91. The van der Waals surface area contributed by atoms with Crippen LogP contribution in [0.3, 0.4) is 0 Å². The second-order valence-electron chi connectivity index (χ2n) is 3.43. The van der Waals surface area contributed by atoms with E-state index in [2.05, 4.69) is 9.72 Å². The molecule has 0 saturated carbocycles. The number of nitrogen functional groups attached to an aromatic ring is 1. The molecule has 1 rings (SSSR count). The van der Waals surface area contributed by atoms with Crippen molar-refractivity contribution in [2.45, 2.75) is 26.4 Å². The molecule has 110 valence electrons. The molecule has 2 atom stereocenters. The highest BCUT2D eigenvalue weighted by Crippen LogP contribution is 2.11. The Hall–Kier alpha value is -1.55. The van der Waals surface area contributed by atoms with Crippen LogP contribution in [0.1, 0.15) is 20.1 Å². The van der Waals surface area contributed by atoms with E-state index in [4.69, 9.17) is 10.8 Å². The molecule has 5 N–H and O–H groups in total. The van der Waals surface area contributed by atoms with Crippen molar-refractivity contribution in [1.29, 1.82) is 0 Å². The molecule has 8 nitrogen and oxygen atoms in total. The summed E-state index contributed by atoms with van der Waals surface area (Å²) in [4.78, 5) is 14.5. The van der Waals surface area contributed by atoms with E-state index in [1.165, 1.54) is 0 Å². The van der Waals surface area contributed by atoms with Gasteiger partial charge in [0.05, 0.1) is 19.4 Å². The Morgan fingerprint density at radius 2 is 2.16 bits per heavy atom. The Balaban J connectivity index is 0.00000324. The van der Waals surface area contributed by atoms with Crippen LogP contribution in [0.25, 0.3) is 0 Å². The molecule has 9 heteroatoms. The summed E-state index contributed by atoms with van der Waals surface area (Å²) in [6, 6.07) is 0. The fourth-order valence-corrected chi connectivity index (χ4v) is 1.22. The third-order valence-corrected chi connectivity index (χ3v) is 2.07. The molecule has 1 aromatic rings. The number of halogens is 1.